The van der Waals surface area contributed by atoms with Crippen LogP contribution in [0.25, 0.3) is 0 Å². The highest BCUT2D eigenvalue weighted by Gasteiger charge is 2.12. The quantitative estimate of drug-likeness (QED) is 0.654. The molecule has 1 heterocycles. The van der Waals surface area contributed by atoms with E-state index in [4.69, 9.17) is 4.74 Å². The van der Waals surface area contributed by atoms with Gasteiger partial charge in [-0.15, -0.1) is 0 Å². The average molecular weight is 283 g/mol. The van der Waals surface area contributed by atoms with Crippen LogP contribution in [-0.4, -0.2) is 22.6 Å². The minimum Gasteiger partial charge on any atom is -0.472 e. The molecule has 0 fully saturated rings. The standard InChI is InChI=1S/C15H26FN3O/c1-4-6-7-8-9-12(3)20-14-13(16)11-18-15(19-14)17-10-5-2/h11-12H,4-10H2,1-3H3,(H,17,18,19). The molecule has 0 saturated carbocycles. The first-order valence-electron chi connectivity index (χ1n) is 7.60. The Bertz CT molecular complexity index is 387. The number of rotatable bonds is 10. The summed E-state index contributed by atoms with van der Waals surface area (Å²) in [7, 11) is 0. The molecule has 1 rings (SSSR count). The first-order chi connectivity index (χ1) is 9.67. The fourth-order valence-electron chi connectivity index (χ4n) is 1.86. The number of nitrogens with zero attached hydrogens (tertiary/aromatic N) is 2. The fourth-order valence-corrected chi connectivity index (χ4v) is 1.86. The molecule has 1 aromatic rings. The molecule has 0 bridgehead atoms. The molecule has 0 aliphatic rings. The maximum Gasteiger partial charge on any atom is 0.255 e. The van der Waals surface area contributed by atoms with Gasteiger partial charge in [0.2, 0.25) is 11.8 Å². The van der Waals surface area contributed by atoms with Crippen LogP contribution in [0.15, 0.2) is 6.20 Å². The number of hydrogen-bond donors (Lipinski definition) is 1. The van der Waals surface area contributed by atoms with E-state index in [0.717, 1.165) is 32.0 Å². The first-order valence-corrected chi connectivity index (χ1v) is 7.60. The molecule has 4 nitrogen and oxygen atoms in total. The monoisotopic (exact) mass is 283 g/mol. The molecule has 0 spiro atoms. The van der Waals surface area contributed by atoms with Crippen LogP contribution in [0.1, 0.15) is 59.3 Å². The zero-order valence-corrected chi connectivity index (χ0v) is 12.8. The van der Waals surface area contributed by atoms with Crippen molar-refractivity contribution in [3.05, 3.63) is 12.0 Å². The van der Waals surface area contributed by atoms with E-state index in [0.29, 0.717) is 5.95 Å². The Hall–Kier alpha value is -1.39. The van der Waals surface area contributed by atoms with Crippen molar-refractivity contribution in [3.8, 4) is 5.88 Å². The normalized spacial score (nSPS) is 12.2. The van der Waals surface area contributed by atoms with Crippen LogP contribution < -0.4 is 10.1 Å². The van der Waals surface area contributed by atoms with Crippen molar-refractivity contribution in [2.75, 3.05) is 11.9 Å². The maximum absolute atomic E-state index is 13.6. The highest BCUT2D eigenvalue weighted by molar-refractivity contribution is 5.28. The van der Waals surface area contributed by atoms with Crippen molar-refractivity contribution in [1.82, 2.24) is 9.97 Å². The molecule has 0 aromatic carbocycles. The number of halogens is 1. The molecule has 0 saturated heterocycles. The highest BCUT2D eigenvalue weighted by Crippen LogP contribution is 2.18. The van der Waals surface area contributed by atoms with Crippen molar-refractivity contribution in [1.29, 1.82) is 0 Å². The van der Waals surface area contributed by atoms with E-state index in [1.54, 1.807) is 0 Å². The summed E-state index contributed by atoms with van der Waals surface area (Å²) in [6.07, 6.45) is 7.75. The van der Waals surface area contributed by atoms with Crippen LogP contribution >= 0.6 is 0 Å². The molecule has 20 heavy (non-hydrogen) atoms. The zero-order valence-electron chi connectivity index (χ0n) is 12.8. The zero-order chi connectivity index (χ0) is 14.8. The third-order valence-electron chi connectivity index (χ3n) is 3.02. The molecule has 114 valence electrons. The summed E-state index contributed by atoms with van der Waals surface area (Å²) >= 11 is 0. The van der Waals surface area contributed by atoms with E-state index >= 15 is 0 Å². The van der Waals surface area contributed by atoms with Gasteiger partial charge >= 0.3 is 0 Å². The van der Waals surface area contributed by atoms with Gasteiger partial charge in [-0.3, -0.25) is 0 Å². The van der Waals surface area contributed by atoms with Crippen LogP contribution in [0.3, 0.4) is 0 Å². The smallest absolute Gasteiger partial charge is 0.255 e. The maximum atomic E-state index is 13.6. The summed E-state index contributed by atoms with van der Waals surface area (Å²) in [5.74, 6) is -0.0458. The molecule has 0 amide bonds. The third-order valence-corrected chi connectivity index (χ3v) is 3.02. The molecule has 1 aromatic heterocycles. The lowest BCUT2D eigenvalue weighted by atomic mass is 10.1. The number of unbranched alkanes of at least 4 members (excludes halogenated alkanes) is 3. The van der Waals surface area contributed by atoms with Gasteiger partial charge in [0.25, 0.3) is 5.88 Å². The summed E-state index contributed by atoms with van der Waals surface area (Å²) in [4.78, 5) is 7.97. The predicted molar refractivity (Wildman–Crippen MR) is 79.6 cm³/mol. The average Bonchev–Trinajstić information content (AvgIpc) is 2.44. The van der Waals surface area contributed by atoms with E-state index in [1.165, 1.54) is 19.3 Å². The Morgan fingerprint density at radius 2 is 2.05 bits per heavy atom. The molecule has 1 N–H and O–H groups in total. The lowest BCUT2D eigenvalue weighted by Gasteiger charge is -2.14. The van der Waals surface area contributed by atoms with Gasteiger partial charge in [0.1, 0.15) is 0 Å². The molecule has 0 aliphatic carbocycles. The highest BCUT2D eigenvalue weighted by atomic mass is 19.1. The van der Waals surface area contributed by atoms with Crippen molar-refractivity contribution in [2.24, 2.45) is 0 Å². The van der Waals surface area contributed by atoms with Crippen molar-refractivity contribution in [2.45, 2.75) is 65.4 Å². The first kappa shape index (κ1) is 16.7. The summed E-state index contributed by atoms with van der Waals surface area (Å²) in [5, 5.41) is 3.03. The Balaban J connectivity index is 2.48. The van der Waals surface area contributed by atoms with Gasteiger partial charge in [0.05, 0.1) is 12.3 Å². The van der Waals surface area contributed by atoms with E-state index in [-0.39, 0.29) is 12.0 Å². The van der Waals surface area contributed by atoms with Gasteiger partial charge in [-0.2, -0.15) is 9.37 Å². The van der Waals surface area contributed by atoms with Gasteiger partial charge < -0.3 is 10.1 Å². The number of hydrogen-bond acceptors (Lipinski definition) is 4. The van der Waals surface area contributed by atoms with Crippen LogP contribution in [0, 0.1) is 5.82 Å². The summed E-state index contributed by atoms with van der Waals surface area (Å²) in [5.41, 5.74) is 0. The number of aromatic nitrogens is 2. The summed E-state index contributed by atoms with van der Waals surface area (Å²) < 4.78 is 19.2. The number of ether oxygens (including phenoxy) is 1. The molecular weight excluding hydrogens is 257 g/mol. The van der Waals surface area contributed by atoms with E-state index < -0.39 is 5.82 Å². The topological polar surface area (TPSA) is 47.0 Å². The Morgan fingerprint density at radius 3 is 2.75 bits per heavy atom. The molecule has 0 radical (unpaired) electrons. The van der Waals surface area contributed by atoms with E-state index in [1.807, 2.05) is 13.8 Å². The SMILES string of the molecule is CCCCCCC(C)Oc1nc(NCCC)ncc1F. The van der Waals surface area contributed by atoms with Gasteiger partial charge in [-0.1, -0.05) is 33.1 Å². The minimum absolute atomic E-state index is 0.0321. The van der Waals surface area contributed by atoms with Crippen molar-refractivity contribution >= 4 is 5.95 Å². The molecule has 5 heteroatoms. The van der Waals surface area contributed by atoms with Gasteiger partial charge in [0.15, 0.2) is 0 Å². The van der Waals surface area contributed by atoms with E-state index in [9.17, 15) is 4.39 Å². The van der Waals surface area contributed by atoms with Crippen molar-refractivity contribution < 1.29 is 9.13 Å². The molecule has 0 aliphatic heterocycles. The largest absolute Gasteiger partial charge is 0.472 e. The van der Waals surface area contributed by atoms with Crippen LogP contribution in [0.5, 0.6) is 5.88 Å². The lowest BCUT2D eigenvalue weighted by Crippen LogP contribution is -2.15. The Labute approximate surface area is 121 Å². The molecule has 1 atom stereocenters. The molecule has 1 unspecified atom stereocenters. The predicted octanol–water partition coefficient (Wildman–Crippen LogP) is 4.18. The van der Waals surface area contributed by atoms with E-state index in [2.05, 4.69) is 22.2 Å². The van der Waals surface area contributed by atoms with Gasteiger partial charge in [-0.25, -0.2) is 4.98 Å². The summed E-state index contributed by atoms with van der Waals surface area (Å²) in [6, 6.07) is 0. The fraction of sp³-hybridized carbons (Fsp3) is 0.733. The Kier molecular flexibility index (Phi) is 7.92. The number of anilines is 1. The third kappa shape index (κ3) is 6.17. The second-order valence-corrected chi connectivity index (χ2v) is 5.05. The second kappa shape index (κ2) is 9.50. The minimum atomic E-state index is -0.507. The van der Waals surface area contributed by atoms with Gasteiger partial charge in [-0.05, 0) is 26.2 Å². The lowest BCUT2D eigenvalue weighted by molar-refractivity contribution is 0.188. The second-order valence-electron chi connectivity index (χ2n) is 5.05. The Morgan fingerprint density at radius 1 is 1.25 bits per heavy atom. The van der Waals surface area contributed by atoms with Crippen LogP contribution in [-0.2, 0) is 0 Å². The van der Waals surface area contributed by atoms with Crippen molar-refractivity contribution in [3.63, 3.8) is 0 Å². The molecular formula is C15H26FN3O. The van der Waals surface area contributed by atoms with Gasteiger partial charge in [0, 0.05) is 6.54 Å². The van der Waals surface area contributed by atoms with Crippen LogP contribution in [0.4, 0.5) is 10.3 Å². The summed E-state index contributed by atoms with van der Waals surface area (Å²) in [6.45, 7) is 6.94. The number of nitrogens with one attached hydrogen (secondary N) is 1. The van der Waals surface area contributed by atoms with Crippen LogP contribution in [0.2, 0.25) is 0 Å².